The summed E-state index contributed by atoms with van der Waals surface area (Å²) < 4.78 is 5.23. The van der Waals surface area contributed by atoms with Crippen molar-refractivity contribution in [3.8, 4) is 0 Å². The zero-order valence-electron chi connectivity index (χ0n) is 15.5. The van der Waals surface area contributed by atoms with Crippen LogP contribution in [0.3, 0.4) is 0 Å². The topological polar surface area (TPSA) is 109 Å². The minimum atomic E-state index is -1.11. The van der Waals surface area contributed by atoms with Crippen LogP contribution in [0.1, 0.15) is 32.0 Å². The predicted molar refractivity (Wildman–Crippen MR) is 107 cm³/mol. The molecule has 2 aromatic carbocycles. The Hall–Kier alpha value is -4.13. The van der Waals surface area contributed by atoms with Gasteiger partial charge in [0.1, 0.15) is 11.5 Å². The van der Waals surface area contributed by atoms with E-state index in [-0.39, 0.29) is 16.9 Å². The molecule has 7 nitrogen and oxygen atoms in total. The largest absolute Gasteiger partial charge is 0.478 e. The molecular weight excluding hydrogens is 372 g/mol. The van der Waals surface area contributed by atoms with Gasteiger partial charge in [-0.3, -0.25) is 9.59 Å². The van der Waals surface area contributed by atoms with E-state index in [1.165, 1.54) is 30.5 Å². The molecule has 0 aliphatic rings. The number of nitrogens with one attached hydrogen (secondary N) is 2. The smallest absolute Gasteiger partial charge is 0.335 e. The van der Waals surface area contributed by atoms with Gasteiger partial charge in [-0.1, -0.05) is 23.8 Å². The molecule has 1 aromatic heterocycles. The quantitative estimate of drug-likeness (QED) is 0.556. The van der Waals surface area contributed by atoms with E-state index in [0.717, 1.165) is 5.56 Å². The molecule has 3 aromatic rings. The molecule has 0 saturated heterocycles. The van der Waals surface area contributed by atoms with E-state index >= 15 is 0 Å². The summed E-state index contributed by atoms with van der Waals surface area (Å²) in [6.07, 6.45) is 2.84. The summed E-state index contributed by atoms with van der Waals surface area (Å²) in [6.45, 7) is 1.91. The van der Waals surface area contributed by atoms with Gasteiger partial charge < -0.3 is 20.2 Å². The van der Waals surface area contributed by atoms with Crippen molar-refractivity contribution in [3.05, 3.63) is 95.1 Å². The lowest BCUT2D eigenvalue weighted by atomic mass is 10.1. The summed E-state index contributed by atoms with van der Waals surface area (Å²) in [5, 5.41) is 14.3. The first kappa shape index (κ1) is 19.6. The molecule has 0 aliphatic heterocycles. The van der Waals surface area contributed by atoms with Gasteiger partial charge in [0.25, 0.3) is 11.8 Å². The molecule has 0 bridgehead atoms. The van der Waals surface area contributed by atoms with Crippen LogP contribution in [-0.4, -0.2) is 22.9 Å². The Morgan fingerprint density at radius 2 is 1.72 bits per heavy atom. The first-order valence-electron chi connectivity index (χ1n) is 8.70. The molecule has 0 spiro atoms. The highest BCUT2D eigenvalue weighted by Gasteiger charge is 2.16. The maximum Gasteiger partial charge on any atom is 0.335 e. The highest BCUT2D eigenvalue weighted by Crippen LogP contribution is 2.14. The lowest BCUT2D eigenvalue weighted by Gasteiger charge is -2.11. The minimum Gasteiger partial charge on any atom is -0.478 e. The molecule has 29 heavy (non-hydrogen) atoms. The number of furan rings is 1. The summed E-state index contributed by atoms with van der Waals surface area (Å²) in [6, 6.07) is 16.0. The molecule has 3 rings (SSSR count). The van der Waals surface area contributed by atoms with Gasteiger partial charge in [-0.2, -0.15) is 0 Å². The Morgan fingerprint density at radius 3 is 2.38 bits per heavy atom. The van der Waals surface area contributed by atoms with E-state index in [1.807, 2.05) is 6.92 Å². The Morgan fingerprint density at radius 1 is 0.966 bits per heavy atom. The fourth-order valence-electron chi connectivity index (χ4n) is 2.50. The van der Waals surface area contributed by atoms with Crippen LogP contribution in [0.25, 0.3) is 6.08 Å². The summed E-state index contributed by atoms with van der Waals surface area (Å²) in [5.41, 5.74) is 1.66. The molecule has 1 heterocycles. The molecule has 0 aliphatic carbocycles. The normalized spacial score (nSPS) is 11.0. The van der Waals surface area contributed by atoms with E-state index in [2.05, 4.69) is 10.6 Å². The second-order valence-electron chi connectivity index (χ2n) is 6.23. The second-order valence-corrected chi connectivity index (χ2v) is 6.23. The van der Waals surface area contributed by atoms with Gasteiger partial charge in [0.2, 0.25) is 0 Å². The maximum absolute atomic E-state index is 12.8. The van der Waals surface area contributed by atoms with Crippen LogP contribution < -0.4 is 10.6 Å². The average molecular weight is 390 g/mol. The SMILES string of the molecule is Cc1ccc(C(=O)N/C(=C/c2ccco2)C(=O)Nc2cccc(C(=O)O)c2)cc1. The highest BCUT2D eigenvalue weighted by molar-refractivity contribution is 6.10. The van der Waals surface area contributed by atoms with Crippen molar-refractivity contribution in [2.24, 2.45) is 0 Å². The molecule has 0 fully saturated rings. The maximum atomic E-state index is 12.8. The van der Waals surface area contributed by atoms with E-state index in [9.17, 15) is 14.4 Å². The number of carbonyl (C=O) groups is 3. The number of carboxylic acid groups (broad SMARTS) is 1. The van der Waals surface area contributed by atoms with Crippen LogP contribution in [-0.2, 0) is 4.79 Å². The van der Waals surface area contributed by atoms with E-state index in [0.29, 0.717) is 11.3 Å². The third-order valence-electron chi connectivity index (χ3n) is 4.00. The van der Waals surface area contributed by atoms with Crippen LogP contribution in [0.4, 0.5) is 5.69 Å². The van der Waals surface area contributed by atoms with Crippen molar-refractivity contribution in [2.45, 2.75) is 6.92 Å². The molecule has 0 radical (unpaired) electrons. The molecule has 7 heteroatoms. The van der Waals surface area contributed by atoms with Gasteiger partial charge in [0.15, 0.2) is 0 Å². The number of carboxylic acids is 1. The van der Waals surface area contributed by atoms with Crippen LogP contribution >= 0.6 is 0 Å². The standard InChI is InChI=1S/C22H18N2O5/c1-14-7-9-15(10-8-14)20(25)24-19(13-18-6-3-11-29-18)21(26)23-17-5-2-4-16(12-17)22(27)28/h2-13H,1H3,(H,23,26)(H,24,25)(H,27,28)/b19-13+. The number of aromatic carboxylic acids is 1. The van der Waals surface area contributed by atoms with Gasteiger partial charge in [0, 0.05) is 17.3 Å². The Kier molecular flexibility index (Phi) is 5.89. The van der Waals surface area contributed by atoms with Crippen LogP contribution in [0.15, 0.2) is 77.0 Å². The molecule has 0 saturated carbocycles. The minimum absolute atomic E-state index is 0.0306. The average Bonchev–Trinajstić information content (AvgIpc) is 3.21. The van der Waals surface area contributed by atoms with E-state index < -0.39 is 17.8 Å². The predicted octanol–water partition coefficient (Wildman–Crippen LogP) is 3.70. The Balaban J connectivity index is 1.84. The van der Waals surface area contributed by atoms with Gasteiger partial charge in [0.05, 0.1) is 11.8 Å². The fraction of sp³-hybridized carbons (Fsp3) is 0.0455. The van der Waals surface area contributed by atoms with E-state index in [1.54, 1.807) is 42.5 Å². The van der Waals surface area contributed by atoms with Crippen molar-refractivity contribution in [2.75, 3.05) is 5.32 Å². The zero-order chi connectivity index (χ0) is 20.8. The molecule has 0 unspecified atom stereocenters. The molecule has 0 atom stereocenters. The summed E-state index contributed by atoms with van der Waals surface area (Å²) in [4.78, 5) is 36.4. The number of aryl methyl sites for hydroxylation is 1. The molecule has 3 N–H and O–H groups in total. The van der Waals surface area contributed by atoms with Gasteiger partial charge in [-0.15, -0.1) is 0 Å². The van der Waals surface area contributed by atoms with Crippen molar-refractivity contribution >= 4 is 29.5 Å². The lowest BCUT2D eigenvalue weighted by Crippen LogP contribution is -2.30. The second kappa shape index (κ2) is 8.71. The van der Waals surface area contributed by atoms with Crippen molar-refractivity contribution in [3.63, 3.8) is 0 Å². The van der Waals surface area contributed by atoms with Crippen LogP contribution in [0, 0.1) is 6.92 Å². The number of benzene rings is 2. The zero-order valence-corrected chi connectivity index (χ0v) is 15.5. The number of rotatable bonds is 6. The summed E-state index contributed by atoms with van der Waals surface area (Å²) >= 11 is 0. The highest BCUT2D eigenvalue weighted by atomic mass is 16.4. The first-order chi connectivity index (χ1) is 13.9. The summed E-state index contributed by atoms with van der Waals surface area (Å²) in [7, 11) is 0. The Bertz CT molecular complexity index is 1070. The van der Waals surface area contributed by atoms with Crippen LogP contribution in [0.5, 0.6) is 0 Å². The van der Waals surface area contributed by atoms with Crippen molar-refractivity contribution < 1.29 is 23.9 Å². The first-order valence-corrected chi connectivity index (χ1v) is 8.70. The monoisotopic (exact) mass is 390 g/mol. The lowest BCUT2D eigenvalue weighted by molar-refractivity contribution is -0.113. The molecule has 146 valence electrons. The number of hydrogen-bond acceptors (Lipinski definition) is 4. The molecular formula is C22H18N2O5. The van der Waals surface area contributed by atoms with E-state index in [4.69, 9.17) is 9.52 Å². The van der Waals surface area contributed by atoms with Gasteiger partial charge >= 0.3 is 5.97 Å². The van der Waals surface area contributed by atoms with Gasteiger partial charge in [-0.05, 0) is 49.4 Å². The van der Waals surface area contributed by atoms with Gasteiger partial charge in [-0.25, -0.2) is 4.79 Å². The third-order valence-corrected chi connectivity index (χ3v) is 4.00. The number of amides is 2. The summed E-state index contributed by atoms with van der Waals surface area (Å²) in [5.74, 6) is -1.82. The van der Waals surface area contributed by atoms with Crippen molar-refractivity contribution in [1.29, 1.82) is 0 Å². The Labute approximate surface area is 166 Å². The fourth-order valence-corrected chi connectivity index (χ4v) is 2.50. The number of hydrogen-bond donors (Lipinski definition) is 3. The third kappa shape index (κ3) is 5.20. The number of anilines is 1. The number of carbonyl (C=O) groups excluding carboxylic acids is 2. The molecule has 2 amide bonds. The van der Waals surface area contributed by atoms with Crippen molar-refractivity contribution in [1.82, 2.24) is 5.32 Å². The van der Waals surface area contributed by atoms with Crippen LogP contribution in [0.2, 0.25) is 0 Å².